The SMILES string of the molecule is Cc1cc(C(=O)COC(=O)c2ccc(N)c([N+](=O)[O-])c2)c(C)n1-c1ccc(S(N)(=O)=O)cc1. The van der Waals surface area contributed by atoms with Crippen LogP contribution in [0.5, 0.6) is 0 Å². The number of ether oxygens (including phenoxy) is 1. The number of hydrogen-bond acceptors (Lipinski definition) is 8. The van der Waals surface area contributed by atoms with E-state index in [1.807, 2.05) is 0 Å². The molecule has 1 heterocycles. The number of carbonyl (C=O) groups excluding carboxylic acids is 2. The number of anilines is 1. The number of hydrogen-bond donors (Lipinski definition) is 2. The summed E-state index contributed by atoms with van der Waals surface area (Å²) in [5.41, 5.74) is 7.04. The first-order valence-electron chi connectivity index (χ1n) is 9.46. The molecular formula is C21H20N4O7S. The number of aromatic nitrogens is 1. The van der Waals surface area contributed by atoms with Gasteiger partial charge in [0.15, 0.2) is 6.61 Å². The van der Waals surface area contributed by atoms with Crippen molar-refractivity contribution in [2.75, 3.05) is 12.3 Å². The van der Waals surface area contributed by atoms with Gasteiger partial charge in [0, 0.05) is 28.7 Å². The van der Waals surface area contributed by atoms with E-state index in [4.69, 9.17) is 15.6 Å². The molecule has 0 aliphatic carbocycles. The Morgan fingerprint density at radius 2 is 1.73 bits per heavy atom. The van der Waals surface area contributed by atoms with E-state index in [0.717, 1.165) is 6.07 Å². The molecule has 0 aliphatic heterocycles. The largest absolute Gasteiger partial charge is 0.454 e. The van der Waals surface area contributed by atoms with E-state index >= 15 is 0 Å². The zero-order valence-electron chi connectivity index (χ0n) is 17.6. The number of nitrogens with zero attached hydrogens (tertiary/aromatic N) is 2. The number of nitro groups is 1. The van der Waals surface area contributed by atoms with E-state index in [9.17, 15) is 28.1 Å². The molecule has 12 heteroatoms. The normalized spacial score (nSPS) is 11.2. The van der Waals surface area contributed by atoms with Crippen LogP contribution in [0, 0.1) is 24.0 Å². The number of nitro benzene ring substituents is 1. The summed E-state index contributed by atoms with van der Waals surface area (Å²) < 4.78 is 29.7. The van der Waals surface area contributed by atoms with Gasteiger partial charge in [-0.05, 0) is 56.3 Å². The van der Waals surface area contributed by atoms with Gasteiger partial charge in [0.25, 0.3) is 5.69 Å². The fraction of sp³-hybridized carbons (Fsp3) is 0.143. The van der Waals surface area contributed by atoms with Crippen LogP contribution >= 0.6 is 0 Å². The third kappa shape index (κ3) is 4.91. The lowest BCUT2D eigenvalue weighted by molar-refractivity contribution is -0.383. The van der Waals surface area contributed by atoms with E-state index < -0.39 is 39.0 Å². The van der Waals surface area contributed by atoms with E-state index in [-0.39, 0.29) is 16.1 Å². The predicted octanol–water partition coefficient (Wildman–Crippen LogP) is 2.27. The van der Waals surface area contributed by atoms with Gasteiger partial charge in [-0.15, -0.1) is 0 Å². The van der Waals surface area contributed by atoms with Crippen LogP contribution in [-0.4, -0.2) is 36.3 Å². The molecule has 0 saturated carbocycles. The van der Waals surface area contributed by atoms with Crippen molar-refractivity contribution < 1.29 is 27.7 Å². The molecule has 0 amide bonds. The zero-order chi connectivity index (χ0) is 24.5. The van der Waals surface area contributed by atoms with Gasteiger partial charge in [0.2, 0.25) is 15.8 Å². The topological polar surface area (TPSA) is 178 Å². The number of nitrogens with two attached hydrogens (primary N) is 2. The number of primary sulfonamides is 1. The summed E-state index contributed by atoms with van der Waals surface area (Å²) in [6, 6.07) is 10.9. The molecule has 33 heavy (non-hydrogen) atoms. The maximum atomic E-state index is 12.7. The second kappa shape index (κ2) is 8.84. The maximum absolute atomic E-state index is 12.7. The Kier molecular flexibility index (Phi) is 6.33. The molecule has 2 aromatic carbocycles. The summed E-state index contributed by atoms with van der Waals surface area (Å²) in [7, 11) is -3.83. The van der Waals surface area contributed by atoms with Crippen molar-refractivity contribution in [3.63, 3.8) is 0 Å². The van der Waals surface area contributed by atoms with Crippen LogP contribution in [0.15, 0.2) is 53.4 Å². The van der Waals surface area contributed by atoms with E-state index in [1.54, 1.807) is 36.6 Å². The van der Waals surface area contributed by atoms with E-state index in [0.29, 0.717) is 22.6 Å². The fourth-order valence-electron chi connectivity index (χ4n) is 3.35. The number of Topliss-reactive ketones (excluding diaryl/α,β-unsaturated/α-hetero) is 1. The van der Waals surface area contributed by atoms with Gasteiger partial charge < -0.3 is 15.0 Å². The Bertz CT molecular complexity index is 1380. The lowest BCUT2D eigenvalue weighted by atomic mass is 10.1. The monoisotopic (exact) mass is 472 g/mol. The second-order valence-corrected chi connectivity index (χ2v) is 8.75. The molecule has 0 bridgehead atoms. The highest BCUT2D eigenvalue weighted by Crippen LogP contribution is 2.24. The molecular weight excluding hydrogens is 452 g/mol. The molecule has 172 valence electrons. The van der Waals surface area contributed by atoms with Gasteiger partial charge in [0.1, 0.15) is 5.69 Å². The fourth-order valence-corrected chi connectivity index (χ4v) is 3.86. The number of aryl methyl sites for hydroxylation is 1. The summed E-state index contributed by atoms with van der Waals surface area (Å²) in [4.78, 5) is 35.2. The molecule has 0 unspecified atom stereocenters. The smallest absolute Gasteiger partial charge is 0.338 e. The van der Waals surface area contributed by atoms with Crippen LogP contribution in [0.1, 0.15) is 32.1 Å². The first-order valence-corrected chi connectivity index (χ1v) is 11.0. The Morgan fingerprint density at radius 1 is 1.09 bits per heavy atom. The van der Waals surface area contributed by atoms with Crippen molar-refractivity contribution in [1.82, 2.24) is 4.57 Å². The highest BCUT2D eigenvalue weighted by atomic mass is 32.2. The predicted molar refractivity (Wildman–Crippen MR) is 119 cm³/mol. The molecule has 3 rings (SSSR count). The lowest BCUT2D eigenvalue weighted by Crippen LogP contribution is -2.15. The highest BCUT2D eigenvalue weighted by Gasteiger charge is 2.21. The Labute approximate surface area is 188 Å². The number of ketones is 1. The summed E-state index contributed by atoms with van der Waals surface area (Å²) >= 11 is 0. The third-order valence-electron chi connectivity index (χ3n) is 4.95. The number of benzene rings is 2. The van der Waals surface area contributed by atoms with Crippen molar-refractivity contribution in [3.8, 4) is 5.69 Å². The minimum absolute atomic E-state index is 0.0418. The van der Waals surface area contributed by atoms with Crippen molar-refractivity contribution in [2.45, 2.75) is 18.7 Å². The van der Waals surface area contributed by atoms with Crippen LogP contribution < -0.4 is 10.9 Å². The number of rotatable bonds is 7. The molecule has 0 spiro atoms. The molecule has 0 atom stereocenters. The standard InChI is InChI=1S/C21H20N4O7S/c1-12-9-17(13(2)24(12)15-4-6-16(7-5-15)33(23,30)31)20(26)11-32-21(27)14-3-8-18(22)19(10-14)25(28)29/h3-10H,11,22H2,1-2H3,(H2,23,30,31). The van der Waals surface area contributed by atoms with E-state index in [2.05, 4.69) is 0 Å². The Balaban J connectivity index is 1.78. The van der Waals surface area contributed by atoms with E-state index in [1.165, 1.54) is 24.3 Å². The average Bonchev–Trinajstić information content (AvgIpc) is 3.05. The first-order chi connectivity index (χ1) is 15.4. The van der Waals surface area contributed by atoms with Crippen molar-refractivity contribution in [3.05, 3.63) is 81.2 Å². The Hall–Kier alpha value is -4.03. The van der Waals surface area contributed by atoms with Gasteiger partial charge in [-0.3, -0.25) is 14.9 Å². The van der Waals surface area contributed by atoms with Crippen LogP contribution in [0.2, 0.25) is 0 Å². The molecule has 11 nitrogen and oxygen atoms in total. The minimum atomic E-state index is -3.83. The molecule has 0 fully saturated rings. The van der Waals surface area contributed by atoms with Crippen molar-refractivity contribution >= 4 is 33.2 Å². The van der Waals surface area contributed by atoms with Crippen LogP contribution in [-0.2, 0) is 14.8 Å². The minimum Gasteiger partial charge on any atom is -0.454 e. The quantitative estimate of drug-likeness (QED) is 0.173. The molecule has 3 aromatic rings. The summed E-state index contributed by atoms with van der Waals surface area (Å²) in [5.74, 6) is -1.38. The first kappa shape index (κ1) is 23.6. The van der Waals surface area contributed by atoms with Gasteiger partial charge in [-0.1, -0.05) is 0 Å². The number of sulfonamides is 1. The third-order valence-corrected chi connectivity index (χ3v) is 5.88. The maximum Gasteiger partial charge on any atom is 0.338 e. The number of nitrogen functional groups attached to an aromatic ring is 1. The van der Waals surface area contributed by atoms with Gasteiger partial charge in [-0.25, -0.2) is 18.4 Å². The summed E-state index contributed by atoms with van der Waals surface area (Å²) in [6.45, 7) is 2.88. The van der Waals surface area contributed by atoms with Crippen LogP contribution in [0.4, 0.5) is 11.4 Å². The summed E-state index contributed by atoms with van der Waals surface area (Å²) in [5, 5.41) is 16.1. The zero-order valence-corrected chi connectivity index (χ0v) is 18.5. The highest BCUT2D eigenvalue weighted by molar-refractivity contribution is 7.89. The molecule has 0 saturated heterocycles. The van der Waals surface area contributed by atoms with Crippen LogP contribution in [0.3, 0.4) is 0 Å². The Morgan fingerprint density at radius 3 is 2.30 bits per heavy atom. The molecule has 0 radical (unpaired) electrons. The van der Waals surface area contributed by atoms with Gasteiger partial charge in [-0.2, -0.15) is 0 Å². The second-order valence-electron chi connectivity index (χ2n) is 7.19. The van der Waals surface area contributed by atoms with Crippen molar-refractivity contribution in [1.29, 1.82) is 0 Å². The molecule has 1 aromatic heterocycles. The number of esters is 1. The molecule has 0 aliphatic rings. The van der Waals surface area contributed by atoms with Crippen molar-refractivity contribution in [2.24, 2.45) is 5.14 Å². The van der Waals surface area contributed by atoms with Gasteiger partial charge in [0.05, 0.1) is 15.4 Å². The number of carbonyl (C=O) groups is 2. The lowest BCUT2D eigenvalue weighted by Gasteiger charge is -2.11. The van der Waals surface area contributed by atoms with Crippen LogP contribution in [0.25, 0.3) is 5.69 Å². The molecule has 4 N–H and O–H groups in total. The summed E-state index contributed by atoms with van der Waals surface area (Å²) in [6.07, 6.45) is 0. The van der Waals surface area contributed by atoms with Gasteiger partial charge >= 0.3 is 5.97 Å². The average molecular weight is 472 g/mol.